The zero-order valence-electron chi connectivity index (χ0n) is 24.0. The second-order valence-corrected chi connectivity index (χ2v) is 18.0. The molecular formula is C32H49NO3Si. The van der Waals surface area contributed by atoms with Crippen LogP contribution in [0.1, 0.15) is 85.6 Å². The van der Waals surface area contributed by atoms with Gasteiger partial charge in [-0.15, -0.1) is 5.54 Å². The highest BCUT2D eigenvalue weighted by molar-refractivity contribution is 6.90. The van der Waals surface area contributed by atoms with Gasteiger partial charge in [-0.2, -0.15) is 5.06 Å². The minimum Gasteiger partial charge on any atom is -0.354 e. The molecule has 1 aromatic rings. The predicted octanol–water partition coefficient (Wildman–Crippen LogP) is 7.66. The number of piperidine rings is 1. The maximum atomic E-state index is 6.67. The number of fused-ring (bicyclic) bond motifs is 1. The molecule has 4 atom stereocenters. The summed E-state index contributed by atoms with van der Waals surface area (Å²) in [5, 5.41) is 2.36. The van der Waals surface area contributed by atoms with E-state index in [1.54, 1.807) is 0 Å². The number of nitrogens with zero attached hydrogens (tertiary/aromatic N) is 1. The highest BCUT2D eigenvalue weighted by Gasteiger charge is 2.59. The Morgan fingerprint density at radius 2 is 1.68 bits per heavy atom. The Bertz CT molecular complexity index is 924. The van der Waals surface area contributed by atoms with Gasteiger partial charge in [-0.05, 0) is 66.8 Å². The minimum absolute atomic E-state index is 0.0981. The molecule has 1 aromatic carbocycles. The molecule has 5 heteroatoms. The van der Waals surface area contributed by atoms with Crippen molar-refractivity contribution in [1.29, 1.82) is 0 Å². The zero-order chi connectivity index (χ0) is 26.5. The van der Waals surface area contributed by atoms with Crippen molar-refractivity contribution in [2.45, 2.75) is 121 Å². The summed E-state index contributed by atoms with van der Waals surface area (Å²) in [4.78, 5) is 6.67. The molecule has 37 heavy (non-hydrogen) atoms. The fraction of sp³-hybridized carbons (Fsp3) is 0.688. The lowest BCUT2D eigenvalue weighted by Gasteiger charge is -2.47. The van der Waals surface area contributed by atoms with E-state index in [-0.39, 0.29) is 11.6 Å². The molecule has 1 aliphatic carbocycles. The molecule has 0 radical (unpaired) electrons. The average molecular weight is 524 g/mol. The van der Waals surface area contributed by atoms with Crippen LogP contribution in [0.25, 0.3) is 0 Å². The molecule has 2 heterocycles. The van der Waals surface area contributed by atoms with E-state index < -0.39 is 8.07 Å². The molecule has 204 valence electrons. The van der Waals surface area contributed by atoms with Gasteiger partial charge >= 0.3 is 0 Å². The summed E-state index contributed by atoms with van der Waals surface area (Å²) in [6.45, 7) is 15.9. The third-order valence-corrected chi connectivity index (χ3v) is 15.7. The first-order valence-electron chi connectivity index (χ1n) is 14.7. The molecule has 3 unspecified atom stereocenters. The van der Waals surface area contributed by atoms with Gasteiger partial charge in [0.05, 0.1) is 30.9 Å². The van der Waals surface area contributed by atoms with Gasteiger partial charge in [0.1, 0.15) is 14.9 Å². The minimum atomic E-state index is -1.71. The lowest BCUT2D eigenvalue weighted by molar-refractivity contribution is -0.235. The number of rotatable bonds is 10. The van der Waals surface area contributed by atoms with Gasteiger partial charge in [0.25, 0.3) is 0 Å². The fourth-order valence-corrected chi connectivity index (χ4v) is 12.9. The van der Waals surface area contributed by atoms with Crippen molar-refractivity contribution in [2.75, 3.05) is 13.4 Å². The van der Waals surface area contributed by atoms with Crippen LogP contribution in [0, 0.1) is 17.4 Å². The number of hydrogen-bond donors (Lipinski definition) is 0. The number of allylic oxidation sites excluding steroid dienone is 1. The first kappa shape index (κ1) is 28.6. The smallest absolute Gasteiger partial charge is 0.147 e. The molecule has 0 N–H and O–H groups in total. The number of hydrogen-bond acceptors (Lipinski definition) is 4. The normalized spacial score (nSPS) is 28.2. The van der Waals surface area contributed by atoms with Crippen molar-refractivity contribution in [3.63, 3.8) is 0 Å². The fourth-order valence-electron chi connectivity index (χ4n) is 7.72. The molecule has 2 saturated heterocycles. The molecule has 3 fully saturated rings. The molecule has 2 aliphatic heterocycles. The van der Waals surface area contributed by atoms with E-state index >= 15 is 0 Å². The van der Waals surface area contributed by atoms with E-state index in [1.165, 1.54) is 31.2 Å². The molecule has 2 bridgehead atoms. The molecule has 1 spiro atoms. The van der Waals surface area contributed by atoms with E-state index in [1.807, 2.05) is 18.2 Å². The average Bonchev–Trinajstić information content (AvgIpc) is 3.03. The third kappa shape index (κ3) is 5.94. The molecular weight excluding hydrogens is 474 g/mol. The van der Waals surface area contributed by atoms with Crippen LogP contribution in [0.4, 0.5) is 0 Å². The van der Waals surface area contributed by atoms with Crippen molar-refractivity contribution in [3.05, 3.63) is 48.0 Å². The Kier molecular flexibility index (Phi) is 9.75. The summed E-state index contributed by atoms with van der Waals surface area (Å²) in [5.41, 5.74) is 7.12. The van der Waals surface area contributed by atoms with Crippen molar-refractivity contribution >= 4 is 8.07 Å². The van der Waals surface area contributed by atoms with Gasteiger partial charge in [-0.1, -0.05) is 83.9 Å². The lowest BCUT2D eigenvalue weighted by Crippen LogP contribution is -2.56. The Hall–Kier alpha value is -1.42. The second-order valence-electron chi connectivity index (χ2n) is 12.4. The van der Waals surface area contributed by atoms with Gasteiger partial charge in [0, 0.05) is 5.92 Å². The van der Waals surface area contributed by atoms with Crippen LogP contribution in [-0.2, 0) is 20.9 Å². The van der Waals surface area contributed by atoms with Gasteiger partial charge < -0.3 is 9.47 Å². The van der Waals surface area contributed by atoms with E-state index in [0.29, 0.717) is 48.6 Å². The third-order valence-electron chi connectivity index (χ3n) is 9.42. The standard InChI is InChI=1S/C32H49NO3Si/c1-25(2)37(26(3)4,27(5)6)21-11-10-17-30-31-18-13-20-32(30)19-12-16-29(33(32)36-31)23-35-24-34-22-28-14-8-7-9-15-28/h7-10,14-15,17,25-27,29-31H,12-13,16,18-20,22-24H2,1-6H3/b17-10-/t29-,30?,31?,32?/m0/s1. The van der Waals surface area contributed by atoms with E-state index in [2.05, 4.69) is 82.4 Å². The van der Waals surface area contributed by atoms with Crippen LogP contribution in [0.2, 0.25) is 16.6 Å². The molecule has 0 amide bonds. The summed E-state index contributed by atoms with van der Waals surface area (Å²) in [5.74, 6) is 3.99. The summed E-state index contributed by atoms with van der Waals surface area (Å²) < 4.78 is 11.8. The van der Waals surface area contributed by atoms with Gasteiger partial charge in [0.2, 0.25) is 0 Å². The number of benzene rings is 1. The van der Waals surface area contributed by atoms with E-state index in [4.69, 9.17) is 14.3 Å². The summed E-state index contributed by atoms with van der Waals surface area (Å²) in [6, 6.07) is 10.6. The molecule has 4 rings (SSSR count). The highest BCUT2D eigenvalue weighted by Crippen LogP contribution is 2.53. The molecule has 3 aliphatic rings. The molecule has 1 saturated carbocycles. The van der Waals surface area contributed by atoms with Crippen LogP contribution >= 0.6 is 0 Å². The largest absolute Gasteiger partial charge is 0.354 e. The molecule has 4 nitrogen and oxygen atoms in total. The number of hydroxylamine groups is 2. The Balaban J connectivity index is 1.39. The topological polar surface area (TPSA) is 30.9 Å². The number of ether oxygens (including phenoxy) is 2. The highest BCUT2D eigenvalue weighted by atomic mass is 28.3. The Morgan fingerprint density at radius 1 is 1.00 bits per heavy atom. The van der Waals surface area contributed by atoms with Crippen molar-refractivity contribution in [1.82, 2.24) is 5.06 Å². The first-order valence-corrected chi connectivity index (χ1v) is 16.9. The van der Waals surface area contributed by atoms with Crippen molar-refractivity contribution in [3.8, 4) is 11.5 Å². The van der Waals surface area contributed by atoms with Crippen molar-refractivity contribution in [2.24, 2.45) is 5.92 Å². The Labute approximate surface area is 227 Å². The zero-order valence-corrected chi connectivity index (χ0v) is 25.0. The lowest BCUT2D eigenvalue weighted by atomic mass is 9.67. The van der Waals surface area contributed by atoms with E-state index in [9.17, 15) is 0 Å². The summed E-state index contributed by atoms with van der Waals surface area (Å²) in [7, 11) is -1.71. The second kappa shape index (κ2) is 12.6. The van der Waals surface area contributed by atoms with Crippen LogP contribution in [0.3, 0.4) is 0 Å². The van der Waals surface area contributed by atoms with Crippen LogP contribution < -0.4 is 0 Å². The maximum Gasteiger partial charge on any atom is 0.147 e. The monoisotopic (exact) mass is 523 g/mol. The van der Waals surface area contributed by atoms with Crippen LogP contribution in [-0.4, -0.2) is 44.2 Å². The quantitative estimate of drug-likeness (QED) is 0.136. The van der Waals surface area contributed by atoms with Crippen LogP contribution in [0.15, 0.2) is 42.5 Å². The van der Waals surface area contributed by atoms with Gasteiger partial charge in [0.15, 0.2) is 0 Å². The van der Waals surface area contributed by atoms with E-state index in [0.717, 1.165) is 12.8 Å². The van der Waals surface area contributed by atoms with Gasteiger partial charge in [-0.25, -0.2) is 0 Å². The summed E-state index contributed by atoms with van der Waals surface area (Å²) in [6.07, 6.45) is 12.0. The van der Waals surface area contributed by atoms with Crippen molar-refractivity contribution < 1.29 is 14.3 Å². The summed E-state index contributed by atoms with van der Waals surface area (Å²) >= 11 is 0. The Morgan fingerprint density at radius 3 is 2.35 bits per heavy atom. The predicted molar refractivity (Wildman–Crippen MR) is 154 cm³/mol. The SMILES string of the molecule is CC(C)[Si](C#C/C=C\C1C2CCCC13CCC[C@@H](COCOCc1ccccc1)N3O2)(C(C)C)C(C)C. The first-order chi connectivity index (χ1) is 17.8. The maximum absolute atomic E-state index is 6.67. The van der Waals surface area contributed by atoms with Crippen LogP contribution in [0.5, 0.6) is 0 Å². The molecule has 0 aromatic heterocycles. The van der Waals surface area contributed by atoms with Gasteiger partial charge in [-0.3, -0.25) is 4.84 Å².